The fourth-order valence-electron chi connectivity index (χ4n) is 2.47. The molecule has 0 atom stereocenters. The summed E-state index contributed by atoms with van der Waals surface area (Å²) < 4.78 is 27.0. The maximum absolute atomic E-state index is 12.5. The van der Waals surface area contributed by atoms with E-state index in [1.165, 1.54) is 0 Å². The number of carbonyl (C=O) groups excluding carboxylic acids is 1. The maximum atomic E-state index is 12.5. The number of amides is 1. The largest absolute Gasteiger partial charge is 0.350 e. The van der Waals surface area contributed by atoms with Crippen LogP contribution in [0, 0.1) is 6.92 Å². The first-order chi connectivity index (χ1) is 13.3. The third kappa shape index (κ3) is 5.10. The molecule has 0 aliphatic heterocycles. The molecule has 1 aromatic carbocycles. The molecular weight excluding hydrogens is 382 g/mol. The molecule has 0 aliphatic rings. The molecule has 3 rings (SSSR count). The quantitative estimate of drug-likeness (QED) is 0.600. The fraction of sp³-hybridized carbons (Fsp3) is 0.235. The second kappa shape index (κ2) is 8.13. The number of nitrogens with one attached hydrogen (secondary N) is 2. The van der Waals surface area contributed by atoms with Crippen LogP contribution in [0.2, 0.25) is 0 Å². The number of sulfonamides is 1. The van der Waals surface area contributed by atoms with Gasteiger partial charge in [0.25, 0.3) is 5.91 Å². The lowest BCUT2D eigenvalue weighted by Crippen LogP contribution is -2.28. The third-order valence-corrected chi connectivity index (χ3v) is 4.30. The van der Waals surface area contributed by atoms with Crippen molar-refractivity contribution in [2.75, 3.05) is 17.5 Å². The van der Waals surface area contributed by atoms with Crippen LogP contribution in [0.5, 0.6) is 0 Å². The predicted molar refractivity (Wildman–Crippen MR) is 103 cm³/mol. The Balaban J connectivity index is 1.64. The van der Waals surface area contributed by atoms with Gasteiger partial charge in [-0.05, 0) is 19.1 Å². The van der Waals surface area contributed by atoms with Crippen molar-refractivity contribution in [3.8, 4) is 11.4 Å². The highest BCUT2D eigenvalue weighted by Crippen LogP contribution is 2.18. The van der Waals surface area contributed by atoms with Gasteiger partial charge in [-0.1, -0.05) is 16.8 Å². The highest BCUT2D eigenvalue weighted by molar-refractivity contribution is 7.92. The van der Waals surface area contributed by atoms with E-state index in [4.69, 9.17) is 0 Å². The molecule has 3 aromatic rings. The summed E-state index contributed by atoms with van der Waals surface area (Å²) in [6, 6.07) is 4.92. The molecule has 0 fully saturated rings. The Labute approximate surface area is 162 Å². The third-order valence-electron chi connectivity index (χ3n) is 3.71. The highest BCUT2D eigenvalue weighted by atomic mass is 32.2. The maximum Gasteiger partial charge on any atom is 0.253 e. The summed E-state index contributed by atoms with van der Waals surface area (Å²) in [6.45, 7) is 2.50. The van der Waals surface area contributed by atoms with Crippen molar-refractivity contribution in [1.29, 1.82) is 0 Å². The Morgan fingerprint density at radius 2 is 2.04 bits per heavy atom. The molecule has 0 saturated heterocycles. The standard InChI is InChI=1S/C17H19N7O3S/c1-12-3-4-14(22-28(2,26)27)13(9-12)17(25)20-7-8-24-11-16(21-23-24)15-10-18-5-6-19-15/h3-6,9-11,22H,7-8H2,1-2H3,(H,20,25). The van der Waals surface area contributed by atoms with E-state index in [9.17, 15) is 13.2 Å². The molecule has 0 radical (unpaired) electrons. The van der Waals surface area contributed by atoms with Crippen LogP contribution >= 0.6 is 0 Å². The van der Waals surface area contributed by atoms with Crippen LogP contribution in [0.1, 0.15) is 15.9 Å². The number of nitrogens with zero attached hydrogens (tertiary/aromatic N) is 5. The van der Waals surface area contributed by atoms with Crippen LogP contribution in [-0.2, 0) is 16.6 Å². The Kier molecular flexibility index (Phi) is 5.64. The molecule has 0 aliphatic carbocycles. The van der Waals surface area contributed by atoms with Gasteiger partial charge in [-0.2, -0.15) is 0 Å². The molecule has 0 bridgehead atoms. The Morgan fingerprint density at radius 3 is 2.75 bits per heavy atom. The molecular formula is C17H19N7O3S. The second-order valence-corrected chi connectivity index (χ2v) is 7.89. The van der Waals surface area contributed by atoms with Gasteiger partial charge in [0.15, 0.2) is 0 Å². The van der Waals surface area contributed by atoms with Crippen LogP contribution in [0.25, 0.3) is 11.4 Å². The molecule has 2 heterocycles. The molecule has 10 nitrogen and oxygen atoms in total. The van der Waals surface area contributed by atoms with Crippen molar-refractivity contribution >= 4 is 21.6 Å². The van der Waals surface area contributed by atoms with Crippen LogP contribution in [0.3, 0.4) is 0 Å². The van der Waals surface area contributed by atoms with E-state index in [1.54, 1.807) is 47.7 Å². The molecule has 11 heteroatoms. The van der Waals surface area contributed by atoms with Gasteiger partial charge < -0.3 is 5.32 Å². The minimum Gasteiger partial charge on any atom is -0.350 e. The summed E-state index contributed by atoms with van der Waals surface area (Å²) in [6.07, 6.45) is 7.47. The van der Waals surface area contributed by atoms with E-state index in [0.29, 0.717) is 17.9 Å². The Bertz CT molecular complexity index is 1080. The number of hydrogen-bond acceptors (Lipinski definition) is 7. The van der Waals surface area contributed by atoms with Crippen molar-refractivity contribution in [2.45, 2.75) is 13.5 Å². The van der Waals surface area contributed by atoms with E-state index in [1.807, 2.05) is 6.92 Å². The van der Waals surface area contributed by atoms with Gasteiger partial charge in [0.1, 0.15) is 11.4 Å². The van der Waals surface area contributed by atoms with Gasteiger partial charge in [-0.15, -0.1) is 5.10 Å². The van der Waals surface area contributed by atoms with Gasteiger partial charge in [0.05, 0.1) is 36.4 Å². The minimum absolute atomic E-state index is 0.233. The average molecular weight is 401 g/mol. The minimum atomic E-state index is -3.50. The first-order valence-electron chi connectivity index (χ1n) is 8.35. The van der Waals surface area contributed by atoms with Crippen molar-refractivity contribution in [3.05, 3.63) is 54.1 Å². The lowest BCUT2D eigenvalue weighted by molar-refractivity contribution is 0.0952. The SMILES string of the molecule is Cc1ccc(NS(C)(=O)=O)c(C(=O)NCCn2cc(-c3cnccn3)nn2)c1. The van der Waals surface area contributed by atoms with Crippen molar-refractivity contribution in [2.24, 2.45) is 0 Å². The zero-order valence-corrected chi connectivity index (χ0v) is 16.1. The molecule has 0 saturated carbocycles. The molecule has 146 valence electrons. The van der Waals surface area contributed by atoms with Crippen molar-refractivity contribution in [3.63, 3.8) is 0 Å². The van der Waals surface area contributed by atoms with E-state index in [2.05, 4.69) is 30.3 Å². The second-order valence-electron chi connectivity index (χ2n) is 6.14. The number of aryl methyl sites for hydroxylation is 1. The average Bonchev–Trinajstić information content (AvgIpc) is 3.12. The summed E-state index contributed by atoms with van der Waals surface area (Å²) in [5.41, 5.74) is 2.52. The monoisotopic (exact) mass is 401 g/mol. The number of rotatable bonds is 7. The lowest BCUT2D eigenvalue weighted by atomic mass is 10.1. The molecule has 2 N–H and O–H groups in total. The van der Waals surface area contributed by atoms with E-state index in [0.717, 1.165) is 11.8 Å². The zero-order valence-electron chi connectivity index (χ0n) is 15.3. The summed E-state index contributed by atoms with van der Waals surface area (Å²) in [7, 11) is -3.50. The predicted octanol–water partition coefficient (Wildman–Crippen LogP) is 0.845. The molecule has 28 heavy (non-hydrogen) atoms. The highest BCUT2D eigenvalue weighted by Gasteiger charge is 2.14. The van der Waals surface area contributed by atoms with E-state index < -0.39 is 10.0 Å². The van der Waals surface area contributed by atoms with Gasteiger partial charge in [0.2, 0.25) is 10.0 Å². The van der Waals surface area contributed by atoms with Crippen molar-refractivity contribution in [1.82, 2.24) is 30.3 Å². The summed E-state index contributed by atoms with van der Waals surface area (Å²) in [4.78, 5) is 20.6. The van der Waals surface area contributed by atoms with Crippen LogP contribution < -0.4 is 10.0 Å². The van der Waals surface area contributed by atoms with Gasteiger partial charge in [-0.3, -0.25) is 24.2 Å². The summed E-state index contributed by atoms with van der Waals surface area (Å²) in [5, 5.41) is 10.8. The number of benzene rings is 1. The molecule has 2 aromatic heterocycles. The van der Waals surface area contributed by atoms with Gasteiger partial charge >= 0.3 is 0 Å². The van der Waals surface area contributed by atoms with Crippen LogP contribution in [-0.4, -0.2) is 52.1 Å². The topological polar surface area (TPSA) is 132 Å². The first-order valence-corrected chi connectivity index (χ1v) is 10.2. The van der Waals surface area contributed by atoms with E-state index in [-0.39, 0.29) is 23.7 Å². The van der Waals surface area contributed by atoms with Gasteiger partial charge in [-0.25, -0.2) is 8.42 Å². The first kappa shape index (κ1) is 19.4. The lowest BCUT2D eigenvalue weighted by Gasteiger charge is -2.12. The Morgan fingerprint density at radius 1 is 1.21 bits per heavy atom. The fourth-order valence-corrected chi connectivity index (χ4v) is 3.05. The Hall–Kier alpha value is -3.34. The summed E-state index contributed by atoms with van der Waals surface area (Å²) in [5.74, 6) is -0.385. The number of anilines is 1. The van der Waals surface area contributed by atoms with Gasteiger partial charge in [0, 0.05) is 18.9 Å². The molecule has 0 unspecified atom stereocenters. The van der Waals surface area contributed by atoms with Crippen LogP contribution in [0.15, 0.2) is 43.0 Å². The normalized spacial score (nSPS) is 11.2. The molecule has 1 amide bonds. The summed E-state index contributed by atoms with van der Waals surface area (Å²) >= 11 is 0. The number of carbonyl (C=O) groups is 1. The van der Waals surface area contributed by atoms with Crippen molar-refractivity contribution < 1.29 is 13.2 Å². The van der Waals surface area contributed by atoms with Crippen LogP contribution in [0.4, 0.5) is 5.69 Å². The number of aromatic nitrogens is 5. The molecule has 0 spiro atoms. The number of hydrogen-bond donors (Lipinski definition) is 2. The zero-order chi connectivity index (χ0) is 20.1. The smallest absolute Gasteiger partial charge is 0.253 e. The van der Waals surface area contributed by atoms with E-state index >= 15 is 0 Å².